The van der Waals surface area contributed by atoms with Crippen LogP contribution in [0.2, 0.25) is 0 Å². The third kappa shape index (κ3) is 3.20. The van der Waals surface area contributed by atoms with E-state index in [0.717, 1.165) is 4.90 Å². The minimum absolute atomic E-state index is 0.0210. The number of aliphatic carboxylic acids is 1. The Morgan fingerprint density at radius 2 is 1.96 bits per heavy atom. The van der Waals surface area contributed by atoms with Crippen LogP contribution in [-0.2, 0) is 24.2 Å². The second-order valence-corrected chi connectivity index (χ2v) is 8.91. The number of nitrogens with zero attached hydrogens (tertiary/aromatic N) is 1. The van der Waals surface area contributed by atoms with Gasteiger partial charge in [-0.25, -0.2) is 19.1 Å². The van der Waals surface area contributed by atoms with E-state index in [2.05, 4.69) is 0 Å². The van der Waals surface area contributed by atoms with Crippen molar-refractivity contribution in [2.24, 2.45) is 17.5 Å². The molecule has 0 aliphatic carbocycles. The molecule has 1 fully saturated rings. The van der Waals surface area contributed by atoms with E-state index < -0.39 is 62.7 Å². The van der Waals surface area contributed by atoms with Crippen molar-refractivity contribution in [3.63, 3.8) is 0 Å². The molecule has 0 aromatic heterocycles. The molecule has 5 atom stereocenters. The fourth-order valence-electron chi connectivity index (χ4n) is 3.40. The number of carboxylic acids is 1. The number of hydrazine groups is 1. The zero-order valence-corrected chi connectivity index (χ0v) is 15.1. The van der Waals surface area contributed by atoms with Crippen molar-refractivity contribution >= 4 is 27.6 Å². The minimum Gasteiger partial charge on any atom is -0.477 e. The summed E-state index contributed by atoms with van der Waals surface area (Å²) in [5, 5.41) is 17.8. The maximum atomic E-state index is 12.6. The molecule has 5 unspecified atom stereocenters. The van der Waals surface area contributed by atoms with E-state index in [4.69, 9.17) is 11.6 Å². The van der Waals surface area contributed by atoms with Crippen LogP contribution in [0.5, 0.6) is 0 Å². The molecule has 2 heterocycles. The van der Waals surface area contributed by atoms with Gasteiger partial charge in [0.15, 0.2) is 9.84 Å². The van der Waals surface area contributed by atoms with Crippen LogP contribution in [0, 0.1) is 5.92 Å². The molecule has 0 bridgehead atoms. The molecule has 146 valence electrons. The number of carbonyl (C=O) groups excluding carboxylic acids is 2. The highest BCUT2D eigenvalue weighted by Crippen LogP contribution is 2.44. The summed E-state index contributed by atoms with van der Waals surface area (Å²) in [5.74, 6) is 0.679. The number of aliphatic hydroxyl groups is 1. The number of sulfone groups is 1. The van der Waals surface area contributed by atoms with Gasteiger partial charge < -0.3 is 20.8 Å². The minimum atomic E-state index is -4.00. The van der Waals surface area contributed by atoms with Gasteiger partial charge in [-0.05, 0) is 25.8 Å². The molecule has 7 N–H and O–H groups in total. The lowest BCUT2D eigenvalue weighted by Gasteiger charge is -2.44. The van der Waals surface area contributed by atoms with Gasteiger partial charge in [0, 0.05) is 0 Å². The van der Waals surface area contributed by atoms with Gasteiger partial charge >= 0.3 is 5.97 Å². The van der Waals surface area contributed by atoms with E-state index in [1.54, 1.807) is 5.43 Å². The van der Waals surface area contributed by atoms with E-state index in [1.807, 2.05) is 0 Å². The second kappa shape index (κ2) is 6.95. The van der Waals surface area contributed by atoms with E-state index in [0.29, 0.717) is 0 Å². The lowest BCUT2D eigenvalue weighted by atomic mass is 9.83. The molecular weight excluding hydrogens is 368 g/mol. The van der Waals surface area contributed by atoms with Gasteiger partial charge in [-0.2, -0.15) is 0 Å². The maximum Gasteiger partial charge on any atom is 0.352 e. The molecular formula is C14H22N4O7S. The van der Waals surface area contributed by atoms with Crippen LogP contribution in [0.25, 0.3) is 0 Å². The van der Waals surface area contributed by atoms with Gasteiger partial charge in [0.05, 0.1) is 29.1 Å². The first-order valence-corrected chi connectivity index (χ1v) is 9.59. The average Bonchev–Trinajstić information content (AvgIpc) is 2.85. The Hall–Kier alpha value is -2.02. The van der Waals surface area contributed by atoms with Crippen molar-refractivity contribution < 1.29 is 33.0 Å². The normalized spacial score (nSPS) is 26.0. The number of carboxylic acid groups (broad SMARTS) is 1. The number of aliphatic hydroxyl groups excluding tert-OH is 1. The third-order valence-electron chi connectivity index (χ3n) is 4.91. The summed E-state index contributed by atoms with van der Waals surface area (Å²) in [6.07, 6.45) is -0.955. The summed E-state index contributed by atoms with van der Waals surface area (Å²) in [6.45, 7) is 2.64. The van der Waals surface area contributed by atoms with Gasteiger partial charge in [-0.1, -0.05) is 0 Å². The first kappa shape index (κ1) is 20.3. The van der Waals surface area contributed by atoms with Crippen molar-refractivity contribution in [2.75, 3.05) is 5.75 Å². The van der Waals surface area contributed by atoms with Crippen molar-refractivity contribution in [1.29, 1.82) is 0 Å². The molecule has 26 heavy (non-hydrogen) atoms. The van der Waals surface area contributed by atoms with Crippen LogP contribution < -0.4 is 17.0 Å². The summed E-state index contributed by atoms with van der Waals surface area (Å²) in [6, 6.07) is -2.01. The predicted molar refractivity (Wildman–Crippen MR) is 88.6 cm³/mol. The number of nitrogens with one attached hydrogen (secondary N) is 1. The van der Waals surface area contributed by atoms with Gasteiger partial charge in [-0.15, -0.1) is 0 Å². The topological polar surface area (TPSA) is 193 Å². The molecule has 0 radical (unpaired) electrons. The van der Waals surface area contributed by atoms with E-state index in [9.17, 15) is 33.0 Å². The van der Waals surface area contributed by atoms with Crippen molar-refractivity contribution in [2.45, 2.75) is 43.7 Å². The summed E-state index contributed by atoms with van der Waals surface area (Å²) >= 11 is 0. The lowest BCUT2D eigenvalue weighted by Crippen LogP contribution is -2.61. The first-order valence-electron chi connectivity index (χ1n) is 7.88. The number of β-lactam (4-membered cyclic amide) rings is 1. The van der Waals surface area contributed by atoms with Crippen molar-refractivity contribution in [1.82, 2.24) is 10.3 Å². The molecule has 0 saturated carbocycles. The molecule has 0 spiro atoms. The van der Waals surface area contributed by atoms with Crippen LogP contribution in [-0.4, -0.2) is 70.5 Å². The molecule has 0 aromatic carbocycles. The number of amides is 2. The standard InChI is InChI=1S/C14H22N4O7S/c1-5(19)9-8-3-7(11(14(22)23)18(8)13(9)21)4-26(24,25)6(2)10(15)12(20)17-16/h5-6,8-10,19H,3-4,15-16H2,1-2H3,(H,17,20)(H,22,23). The molecule has 1 saturated heterocycles. The van der Waals surface area contributed by atoms with Crippen LogP contribution in [0.3, 0.4) is 0 Å². The number of nitrogens with two attached hydrogens (primary N) is 2. The highest BCUT2D eigenvalue weighted by atomic mass is 32.2. The van der Waals surface area contributed by atoms with Gasteiger partial charge in [0.2, 0.25) is 5.91 Å². The SMILES string of the molecule is CC(O)C1C(=O)N2C(C(=O)O)=C(CS(=O)(=O)C(C)C(N)C(=O)NN)CC12. The number of fused-ring (bicyclic) bond motifs is 1. The smallest absolute Gasteiger partial charge is 0.352 e. The zero-order chi connectivity index (χ0) is 20.0. The summed E-state index contributed by atoms with van der Waals surface area (Å²) < 4.78 is 25.1. The first-order chi connectivity index (χ1) is 11.9. The van der Waals surface area contributed by atoms with Crippen LogP contribution in [0.4, 0.5) is 0 Å². The van der Waals surface area contributed by atoms with Gasteiger partial charge in [0.1, 0.15) is 11.7 Å². The Labute approximate surface area is 149 Å². The fourth-order valence-corrected chi connectivity index (χ4v) is 4.97. The number of hydrogen-bond acceptors (Lipinski definition) is 8. The molecule has 2 aliphatic rings. The fraction of sp³-hybridized carbons (Fsp3) is 0.643. The maximum absolute atomic E-state index is 12.6. The van der Waals surface area contributed by atoms with Crippen LogP contribution in [0.15, 0.2) is 11.3 Å². The average molecular weight is 390 g/mol. The Bertz CT molecular complexity index is 776. The highest BCUT2D eigenvalue weighted by Gasteiger charge is 2.57. The molecule has 2 amide bonds. The molecule has 2 rings (SSSR count). The summed E-state index contributed by atoms with van der Waals surface area (Å²) in [4.78, 5) is 36.2. The van der Waals surface area contributed by atoms with Crippen molar-refractivity contribution in [3.8, 4) is 0 Å². The van der Waals surface area contributed by atoms with Gasteiger partial charge in [0.25, 0.3) is 5.91 Å². The van der Waals surface area contributed by atoms with Crippen LogP contribution >= 0.6 is 0 Å². The van der Waals surface area contributed by atoms with Crippen molar-refractivity contribution in [3.05, 3.63) is 11.3 Å². The monoisotopic (exact) mass is 390 g/mol. The van der Waals surface area contributed by atoms with E-state index >= 15 is 0 Å². The number of hydrogen-bond donors (Lipinski definition) is 5. The number of carbonyl (C=O) groups is 3. The summed E-state index contributed by atoms with van der Waals surface area (Å²) in [7, 11) is -4.00. The molecule has 11 nitrogen and oxygen atoms in total. The Morgan fingerprint density at radius 1 is 1.38 bits per heavy atom. The second-order valence-electron chi connectivity index (χ2n) is 6.55. The lowest BCUT2D eigenvalue weighted by molar-refractivity contribution is -0.161. The summed E-state index contributed by atoms with van der Waals surface area (Å²) in [5.41, 5.74) is 7.01. The molecule has 2 aliphatic heterocycles. The Morgan fingerprint density at radius 3 is 2.42 bits per heavy atom. The van der Waals surface area contributed by atoms with E-state index in [-0.39, 0.29) is 17.7 Å². The third-order valence-corrected chi connectivity index (χ3v) is 7.09. The zero-order valence-electron chi connectivity index (χ0n) is 14.2. The molecule has 12 heteroatoms. The van der Waals surface area contributed by atoms with Gasteiger partial charge in [-0.3, -0.25) is 15.0 Å². The van der Waals surface area contributed by atoms with E-state index in [1.165, 1.54) is 13.8 Å². The highest BCUT2D eigenvalue weighted by molar-refractivity contribution is 7.92. The molecule has 0 aromatic rings. The largest absolute Gasteiger partial charge is 0.477 e. The Kier molecular flexibility index (Phi) is 5.42. The predicted octanol–water partition coefficient (Wildman–Crippen LogP) is -2.94. The Balaban J connectivity index is 2.29. The van der Waals surface area contributed by atoms with Crippen LogP contribution in [0.1, 0.15) is 20.3 Å². The quantitative estimate of drug-likeness (QED) is 0.131. The number of rotatable bonds is 7.